The van der Waals surface area contributed by atoms with Crippen LogP contribution in [0.25, 0.3) is 0 Å². The van der Waals surface area contributed by atoms with Crippen molar-refractivity contribution in [3.05, 3.63) is 51.6 Å². The van der Waals surface area contributed by atoms with Gasteiger partial charge in [-0.3, -0.25) is 0 Å². The first kappa shape index (κ1) is 16.0. The van der Waals surface area contributed by atoms with E-state index in [0.29, 0.717) is 11.8 Å². The Balaban J connectivity index is 2.30. The van der Waals surface area contributed by atoms with Crippen molar-refractivity contribution in [3.63, 3.8) is 0 Å². The number of hydrogen-bond acceptors (Lipinski definition) is 3. The van der Waals surface area contributed by atoms with Gasteiger partial charge in [0.15, 0.2) is 0 Å². The predicted molar refractivity (Wildman–Crippen MR) is 90.0 cm³/mol. The Labute approximate surface area is 134 Å². The molecule has 0 bridgehead atoms. The number of aryl methyl sites for hydroxylation is 1. The van der Waals surface area contributed by atoms with Gasteiger partial charge in [0.1, 0.15) is 5.75 Å². The second kappa shape index (κ2) is 7.05. The van der Waals surface area contributed by atoms with Crippen LogP contribution in [-0.2, 0) is 6.54 Å². The number of rotatable bonds is 5. The van der Waals surface area contributed by atoms with Crippen molar-refractivity contribution in [3.8, 4) is 11.6 Å². The maximum absolute atomic E-state index is 6.04. The second-order valence-electron chi connectivity index (χ2n) is 5.43. The molecule has 0 saturated heterocycles. The average Bonchev–Trinajstić information content (AvgIpc) is 2.43. The lowest BCUT2D eigenvalue weighted by Gasteiger charge is -2.15. The maximum Gasteiger partial charge on any atom is 0.222 e. The summed E-state index contributed by atoms with van der Waals surface area (Å²) in [5.41, 5.74) is 3.37. The van der Waals surface area contributed by atoms with E-state index in [-0.39, 0.29) is 0 Å². The first-order valence-electron chi connectivity index (χ1n) is 7.08. The van der Waals surface area contributed by atoms with Crippen LogP contribution >= 0.6 is 15.9 Å². The molecule has 0 amide bonds. The summed E-state index contributed by atoms with van der Waals surface area (Å²) in [4.78, 5) is 4.44. The third-order valence-electron chi connectivity index (χ3n) is 3.27. The molecule has 0 atom stereocenters. The Bertz CT molecular complexity index is 626. The first-order valence-corrected chi connectivity index (χ1v) is 7.88. The lowest BCUT2D eigenvalue weighted by atomic mass is 10.0. The van der Waals surface area contributed by atoms with Crippen molar-refractivity contribution in [2.45, 2.75) is 33.2 Å². The van der Waals surface area contributed by atoms with Crippen LogP contribution in [0.3, 0.4) is 0 Å². The van der Waals surface area contributed by atoms with Gasteiger partial charge in [-0.1, -0.05) is 29.8 Å². The van der Waals surface area contributed by atoms with E-state index < -0.39 is 0 Å². The monoisotopic (exact) mass is 348 g/mol. The number of hydrogen-bond donors (Lipinski definition) is 1. The molecular weight excluding hydrogens is 328 g/mol. The number of aromatic nitrogens is 1. The van der Waals surface area contributed by atoms with Crippen molar-refractivity contribution in [2.75, 3.05) is 7.05 Å². The highest BCUT2D eigenvalue weighted by Crippen LogP contribution is 2.33. The molecule has 0 fully saturated rings. The van der Waals surface area contributed by atoms with Crippen molar-refractivity contribution < 1.29 is 4.74 Å². The molecule has 1 aromatic heterocycles. The fraction of sp³-hybridized carbons (Fsp3) is 0.353. The molecule has 0 spiro atoms. The van der Waals surface area contributed by atoms with E-state index in [1.165, 1.54) is 5.56 Å². The summed E-state index contributed by atoms with van der Waals surface area (Å²) in [6.45, 7) is 7.15. The smallest absolute Gasteiger partial charge is 0.222 e. The van der Waals surface area contributed by atoms with E-state index in [0.717, 1.165) is 27.9 Å². The van der Waals surface area contributed by atoms with Crippen LogP contribution in [0.1, 0.15) is 36.5 Å². The fourth-order valence-corrected chi connectivity index (χ4v) is 2.57. The van der Waals surface area contributed by atoms with E-state index in [2.05, 4.69) is 52.2 Å². The molecule has 1 heterocycles. The summed E-state index contributed by atoms with van der Waals surface area (Å²) >= 11 is 3.51. The molecule has 112 valence electrons. The predicted octanol–water partition coefficient (Wildman–Crippen LogP) is 4.79. The maximum atomic E-state index is 6.04. The zero-order valence-corrected chi connectivity index (χ0v) is 14.5. The number of nitrogens with zero attached hydrogens (tertiary/aromatic N) is 1. The first-order chi connectivity index (χ1) is 10.0. The Kier molecular flexibility index (Phi) is 5.37. The van der Waals surface area contributed by atoms with Gasteiger partial charge in [0.2, 0.25) is 5.88 Å². The Hall–Kier alpha value is -1.39. The summed E-state index contributed by atoms with van der Waals surface area (Å²) in [6, 6.07) is 8.19. The molecule has 0 saturated carbocycles. The third-order valence-corrected chi connectivity index (χ3v) is 3.76. The summed E-state index contributed by atoms with van der Waals surface area (Å²) in [5.74, 6) is 1.92. The summed E-state index contributed by atoms with van der Waals surface area (Å²) in [6.07, 6.45) is 1.85. The van der Waals surface area contributed by atoms with Gasteiger partial charge < -0.3 is 10.1 Å². The molecule has 2 rings (SSSR count). The zero-order chi connectivity index (χ0) is 15.4. The Morgan fingerprint density at radius 2 is 2.05 bits per heavy atom. The fourth-order valence-electron chi connectivity index (χ4n) is 2.20. The highest BCUT2D eigenvalue weighted by molar-refractivity contribution is 9.10. The van der Waals surface area contributed by atoms with E-state index in [1.807, 2.05) is 32.3 Å². The van der Waals surface area contributed by atoms with Crippen LogP contribution in [-0.4, -0.2) is 12.0 Å². The molecular formula is C17H21BrN2O. The zero-order valence-electron chi connectivity index (χ0n) is 12.9. The summed E-state index contributed by atoms with van der Waals surface area (Å²) in [7, 11) is 1.93. The second-order valence-corrected chi connectivity index (χ2v) is 6.35. The number of ether oxygens (including phenoxy) is 1. The van der Waals surface area contributed by atoms with Crippen LogP contribution < -0.4 is 10.1 Å². The molecule has 0 aliphatic carbocycles. The minimum Gasteiger partial charge on any atom is -0.438 e. The van der Waals surface area contributed by atoms with Gasteiger partial charge in [-0.15, -0.1) is 0 Å². The molecule has 0 aliphatic rings. The van der Waals surface area contributed by atoms with Crippen molar-refractivity contribution in [1.29, 1.82) is 0 Å². The van der Waals surface area contributed by atoms with Crippen molar-refractivity contribution in [1.82, 2.24) is 10.3 Å². The molecule has 1 aromatic carbocycles. The van der Waals surface area contributed by atoms with Gasteiger partial charge in [-0.2, -0.15) is 0 Å². The molecule has 0 radical (unpaired) electrons. The van der Waals surface area contributed by atoms with Gasteiger partial charge in [0.25, 0.3) is 0 Å². The lowest BCUT2D eigenvalue weighted by molar-refractivity contribution is 0.450. The van der Waals surface area contributed by atoms with Crippen LogP contribution in [0.2, 0.25) is 0 Å². The van der Waals surface area contributed by atoms with Crippen molar-refractivity contribution in [2.24, 2.45) is 0 Å². The highest BCUT2D eigenvalue weighted by atomic mass is 79.9. The molecule has 0 aliphatic heterocycles. The molecule has 3 nitrogen and oxygen atoms in total. The quantitative estimate of drug-likeness (QED) is 0.843. The van der Waals surface area contributed by atoms with Gasteiger partial charge >= 0.3 is 0 Å². The minimum atomic E-state index is 0.390. The highest BCUT2D eigenvalue weighted by Gasteiger charge is 2.11. The third kappa shape index (κ3) is 4.05. The largest absolute Gasteiger partial charge is 0.438 e. The Morgan fingerprint density at radius 3 is 2.67 bits per heavy atom. The van der Waals surface area contributed by atoms with E-state index >= 15 is 0 Å². The molecule has 1 N–H and O–H groups in total. The summed E-state index contributed by atoms with van der Waals surface area (Å²) in [5, 5.41) is 3.12. The van der Waals surface area contributed by atoms with Crippen LogP contribution in [0.15, 0.2) is 34.9 Å². The van der Waals surface area contributed by atoms with Gasteiger partial charge in [-0.25, -0.2) is 4.98 Å². The number of nitrogens with one attached hydrogen (secondary N) is 1. The van der Waals surface area contributed by atoms with E-state index in [1.54, 1.807) is 0 Å². The van der Waals surface area contributed by atoms with E-state index in [4.69, 9.17) is 4.74 Å². The SMILES string of the molecule is CNCc1cnc(Oc2ccc(Br)cc2C(C)C)c(C)c1. The van der Waals surface area contributed by atoms with Crippen LogP contribution in [0.4, 0.5) is 0 Å². The number of pyridine rings is 1. The van der Waals surface area contributed by atoms with Gasteiger partial charge in [0.05, 0.1) is 0 Å². The molecule has 0 unspecified atom stereocenters. The Morgan fingerprint density at radius 1 is 1.29 bits per heavy atom. The molecule has 21 heavy (non-hydrogen) atoms. The number of benzene rings is 1. The lowest BCUT2D eigenvalue weighted by Crippen LogP contribution is -2.06. The van der Waals surface area contributed by atoms with Crippen molar-refractivity contribution >= 4 is 15.9 Å². The van der Waals surface area contributed by atoms with Crippen LogP contribution in [0.5, 0.6) is 11.6 Å². The summed E-state index contributed by atoms with van der Waals surface area (Å²) < 4.78 is 7.10. The normalized spacial score (nSPS) is 11.0. The average molecular weight is 349 g/mol. The minimum absolute atomic E-state index is 0.390. The number of halogens is 1. The van der Waals surface area contributed by atoms with E-state index in [9.17, 15) is 0 Å². The molecule has 2 aromatic rings. The standard InChI is InChI=1S/C17H21BrN2O/c1-11(2)15-8-14(18)5-6-16(15)21-17-12(3)7-13(9-19-4)10-20-17/h5-8,10-11,19H,9H2,1-4H3. The van der Waals surface area contributed by atoms with Gasteiger partial charge in [0, 0.05) is 22.8 Å². The van der Waals surface area contributed by atoms with Gasteiger partial charge in [-0.05, 0) is 55.3 Å². The topological polar surface area (TPSA) is 34.2 Å². The molecule has 4 heteroatoms. The van der Waals surface area contributed by atoms with Crippen LogP contribution in [0, 0.1) is 6.92 Å².